The number of carbonyl (C=O) groups excluding carboxylic acids is 1. The normalized spacial score (nSPS) is 10.9. The van der Waals surface area contributed by atoms with E-state index in [4.69, 9.17) is 0 Å². The third kappa shape index (κ3) is 3.90. The van der Waals surface area contributed by atoms with Gasteiger partial charge in [0.05, 0.1) is 0 Å². The first-order valence-electron chi connectivity index (χ1n) is 7.37. The van der Waals surface area contributed by atoms with Gasteiger partial charge in [0.1, 0.15) is 5.82 Å². The van der Waals surface area contributed by atoms with Gasteiger partial charge in [0.15, 0.2) is 0 Å². The summed E-state index contributed by atoms with van der Waals surface area (Å²) < 4.78 is 0. The Hall–Kier alpha value is -2.17. The highest BCUT2D eigenvalue weighted by molar-refractivity contribution is 5.90. The van der Waals surface area contributed by atoms with Gasteiger partial charge in [-0.05, 0) is 18.9 Å². The lowest BCUT2D eigenvalue weighted by Gasteiger charge is -2.19. The maximum atomic E-state index is 12.4. The lowest BCUT2D eigenvalue weighted by Crippen LogP contribution is -2.33. The largest absolute Gasteiger partial charge is 0.336 e. The van der Waals surface area contributed by atoms with Crippen LogP contribution < -0.4 is 0 Å². The first-order chi connectivity index (χ1) is 10.1. The molecule has 5 nitrogen and oxygen atoms in total. The van der Waals surface area contributed by atoms with E-state index in [-0.39, 0.29) is 17.6 Å². The minimum absolute atomic E-state index is 0.114. The monoisotopic (exact) mass is 286 g/mol. The Bertz CT molecular complexity index is 577. The molecule has 0 aliphatic heterocycles. The minimum Gasteiger partial charge on any atom is -0.336 e. The molecule has 0 radical (unpaired) electrons. The number of nitrogens with one attached hydrogen (secondary N) is 1. The van der Waals surface area contributed by atoms with E-state index in [1.165, 1.54) is 5.56 Å². The van der Waals surface area contributed by atoms with Crippen molar-refractivity contribution in [2.75, 3.05) is 13.1 Å². The predicted molar refractivity (Wildman–Crippen MR) is 82.2 cm³/mol. The van der Waals surface area contributed by atoms with Crippen molar-refractivity contribution in [3.05, 3.63) is 47.5 Å². The van der Waals surface area contributed by atoms with Crippen LogP contribution in [0, 0.1) is 0 Å². The standard InChI is InChI=1S/C16H22N4O/c1-4-20(11-10-13-8-6-5-7-9-13)16(21)15-17-14(12(2)3)18-19-15/h5-9,12H,4,10-11H2,1-3H3,(H,17,18,19). The van der Waals surface area contributed by atoms with Gasteiger partial charge < -0.3 is 4.90 Å². The van der Waals surface area contributed by atoms with E-state index < -0.39 is 0 Å². The second-order valence-electron chi connectivity index (χ2n) is 5.32. The Morgan fingerprint density at radius 3 is 2.57 bits per heavy atom. The van der Waals surface area contributed by atoms with Crippen LogP contribution in [-0.2, 0) is 6.42 Å². The van der Waals surface area contributed by atoms with Crippen LogP contribution in [-0.4, -0.2) is 39.1 Å². The van der Waals surface area contributed by atoms with E-state index in [1.54, 1.807) is 4.90 Å². The van der Waals surface area contributed by atoms with Crippen LogP contribution >= 0.6 is 0 Å². The van der Waals surface area contributed by atoms with E-state index >= 15 is 0 Å². The summed E-state index contributed by atoms with van der Waals surface area (Å²) in [6.45, 7) is 7.32. The number of hydrogen-bond acceptors (Lipinski definition) is 3. The predicted octanol–water partition coefficient (Wildman–Crippen LogP) is 2.63. The number of H-pyrrole nitrogens is 1. The number of aromatic amines is 1. The Kier molecular flexibility index (Phi) is 5.09. The van der Waals surface area contributed by atoms with Crippen molar-refractivity contribution in [1.29, 1.82) is 0 Å². The summed E-state index contributed by atoms with van der Waals surface area (Å²) in [6, 6.07) is 10.2. The highest BCUT2D eigenvalue weighted by atomic mass is 16.2. The van der Waals surface area contributed by atoms with Crippen LogP contribution in [0.3, 0.4) is 0 Å². The van der Waals surface area contributed by atoms with Gasteiger partial charge in [-0.3, -0.25) is 9.89 Å². The van der Waals surface area contributed by atoms with Gasteiger partial charge in [-0.15, -0.1) is 5.10 Å². The molecular weight excluding hydrogens is 264 g/mol. The number of nitrogens with zero attached hydrogens (tertiary/aromatic N) is 3. The average Bonchev–Trinajstić information content (AvgIpc) is 2.99. The number of carbonyl (C=O) groups is 1. The molecule has 0 aliphatic rings. The van der Waals surface area contributed by atoms with Crippen molar-refractivity contribution in [3.8, 4) is 0 Å². The molecule has 0 fully saturated rings. The number of amides is 1. The molecule has 0 unspecified atom stereocenters. The topological polar surface area (TPSA) is 61.9 Å². The van der Waals surface area contributed by atoms with Gasteiger partial charge >= 0.3 is 0 Å². The fourth-order valence-corrected chi connectivity index (χ4v) is 2.08. The Morgan fingerprint density at radius 1 is 1.29 bits per heavy atom. The van der Waals surface area contributed by atoms with Crippen molar-refractivity contribution < 1.29 is 4.79 Å². The zero-order valence-corrected chi connectivity index (χ0v) is 12.8. The van der Waals surface area contributed by atoms with Crippen LogP contribution in [0.5, 0.6) is 0 Å². The van der Waals surface area contributed by atoms with E-state index in [0.29, 0.717) is 13.1 Å². The van der Waals surface area contributed by atoms with Gasteiger partial charge in [0.2, 0.25) is 5.82 Å². The molecular formula is C16H22N4O. The highest BCUT2D eigenvalue weighted by Gasteiger charge is 2.19. The summed E-state index contributed by atoms with van der Waals surface area (Å²) >= 11 is 0. The van der Waals surface area contributed by atoms with Crippen LogP contribution in [0.15, 0.2) is 30.3 Å². The van der Waals surface area contributed by atoms with Crippen molar-refractivity contribution >= 4 is 5.91 Å². The van der Waals surface area contributed by atoms with Crippen LogP contribution in [0.4, 0.5) is 0 Å². The molecule has 1 N–H and O–H groups in total. The zero-order valence-electron chi connectivity index (χ0n) is 12.8. The second kappa shape index (κ2) is 7.02. The maximum absolute atomic E-state index is 12.4. The summed E-state index contributed by atoms with van der Waals surface area (Å²) in [5.41, 5.74) is 1.22. The van der Waals surface area contributed by atoms with Gasteiger partial charge in [0, 0.05) is 19.0 Å². The van der Waals surface area contributed by atoms with E-state index in [0.717, 1.165) is 12.2 Å². The first-order valence-corrected chi connectivity index (χ1v) is 7.37. The number of rotatable bonds is 6. The molecule has 1 aromatic heterocycles. The van der Waals surface area contributed by atoms with Gasteiger partial charge in [-0.25, -0.2) is 4.98 Å². The molecule has 0 saturated carbocycles. The number of benzene rings is 1. The van der Waals surface area contributed by atoms with Crippen molar-refractivity contribution in [2.24, 2.45) is 0 Å². The smallest absolute Gasteiger partial charge is 0.293 e. The van der Waals surface area contributed by atoms with Gasteiger partial charge in [-0.1, -0.05) is 44.2 Å². The highest BCUT2D eigenvalue weighted by Crippen LogP contribution is 2.09. The van der Waals surface area contributed by atoms with E-state index in [9.17, 15) is 4.79 Å². The molecule has 5 heteroatoms. The van der Waals surface area contributed by atoms with Crippen molar-refractivity contribution in [1.82, 2.24) is 20.1 Å². The quantitative estimate of drug-likeness (QED) is 0.888. The number of likely N-dealkylation sites (N-methyl/N-ethyl adjacent to an activating group) is 1. The summed E-state index contributed by atoms with van der Waals surface area (Å²) in [5, 5.41) is 6.86. The molecule has 2 rings (SSSR count). The van der Waals surface area contributed by atoms with E-state index in [1.807, 2.05) is 39.0 Å². The fourth-order valence-electron chi connectivity index (χ4n) is 2.08. The lowest BCUT2D eigenvalue weighted by molar-refractivity contribution is 0.0754. The molecule has 112 valence electrons. The summed E-state index contributed by atoms with van der Waals surface area (Å²) in [4.78, 5) is 18.5. The second-order valence-corrected chi connectivity index (χ2v) is 5.32. The summed E-state index contributed by atoms with van der Waals surface area (Å²) in [5.74, 6) is 1.13. The zero-order chi connectivity index (χ0) is 15.2. The third-order valence-corrected chi connectivity index (χ3v) is 3.42. The van der Waals surface area contributed by atoms with Gasteiger partial charge in [-0.2, -0.15) is 0 Å². The van der Waals surface area contributed by atoms with Gasteiger partial charge in [0.25, 0.3) is 5.91 Å². The third-order valence-electron chi connectivity index (χ3n) is 3.42. The molecule has 2 aromatic rings. The molecule has 1 heterocycles. The Labute approximate surface area is 125 Å². The first kappa shape index (κ1) is 15.2. The van der Waals surface area contributed by atoms with Crippen LogP contribution in [0.25, 0.3) is 0 Å². The number of hydrogen-bond donors (Lipinski definition) is 1. The molecule has 0 saturated heterocycles. The summed E-state index contributed by atoms with van der Waals surface area (Å²) in [7, 11) is 0. The van der Waals surface area contributed by atoms with Crippen molar-refractivity contribution in [2.45, 2.75) is 33.1 Å². The Morgan fingerprint density at radius 2 is 2.00 bits per heavy atom. The lowest BCUT2D eigenvalue weighted by atomic mass is 10.1. The van der Waals surface area contributed by atoms with E-state index in [2.05, 4.69) is 27.3 Å². The minimum atomic E-state index is -0.114. The maximum Gasteiger partial charge on any atom is 0.293 e. The molecule has 0 bridgehead atoms. The molecule has 0 aliphatic carbocycles. The average molecular weight is 286 g/mol. The SMILES string of the molecule is CCN(CCc1ccccc1)C(=O)c1n[nH]c(C(C)C)n1. The molecule has 0 atom stereocenters. The molecule has 21 heavy (non-hydrogen) atoms. The fraction of sp³-hybridized carbons (Fsp3) is 0.438. The Balaban J connectivity index is 2.00. The molecule has 1 aromatic carbocycles. The van der Waals surface area contributed by atoms with Crippen LogP contribution in [0.2, 0.25) is 0 Å². The van der Waals surface area contributed by atoms with Crippen LogP contribution in [0.1, 0.15) is 48.7 Å². The molecule has 0 spiro atoms. The molecule has 1 amide bonds. The summed E-state index contributed by atoms with van der Waals surface area (Å²) in [6.07, 6.45) is 0.835. The van der Waals surface area contributed by atoms with Crippen molar-refractivity contribution in [3.63, 3.8) is 0 Å². The number of aromatic nitrogens is 3.